The van der Waals surface area contributed by atoms with Crippen molar-refractivity contribution < 1.29 is 22.1 Å². The van der Waals surface area contributed by atoms with Crippen LogP contribution in [0.2, 0.25) is 0 Å². The van der Waals surface area contributed by atoms with Crippen molar-refractivity contribution in [3.8, 4) is 0 Å². The van der Waals surface area contributed by atoms with Crippen LogP contribution >= 0.6 is 0 Å². The van der Waals surface area contributed by atoms with E-state index in [9.17, 15) is 8.42 Å². The maximum atomic E-state index is 13.0. The van der Waals surface area contributed by atoms with E-state index in [2.05, 4.69) is 4.98 Å². The largest absolute Gasteiger partial charge is 0.342 e. The summed E-state index contributed by atoms with van der Waals surface area (Å²) in [7, 11) is -3.98. The fraction of sp³-hybridized carbons (Fsp3) is 0.179. The van der Waals surface area contributed by atoms with Crippen LogP contribution < -0.4 is 0 Å². The molecule has 2 unspecified atom stereocenters. The van der Waals surface area contributed by atoms with E-state index in [1.54, 1.807) is 30.7 Å². The first-order valence-electron chi connectivity index (χ1n) is 11.7. The van der Waals surface area contributed by atoms with Gasteiger partial charge in [-0.2, -0.15) is 8.42 Å². The fourth-order valence-corrected chi connectivity index (χ4v) is 5.66. The van der Waals surface area contributed by atoms with Crippen LogP contribution in [0.1, 0.15) is 5.56 Å². The molecule has 7 nitrogen and oxygen atoms in total. The Morgan fingerprint density at radius 1 is 0.944 bits per heavy atom. The normalized spacial score (nSPS) is 20.3. The highest BCUT2D eigenvalue weighted by Gasteiger charge is 2.45. The van der Waals surface area contributed by atoms with E-state index >= 15 is 0 Å². The van der Waals surface area contributed by atoms with Gasteiger partial charge in [-0.25, -0.2) is 4.98 Å². The molecule has 0 radical (unpaired) electrons. The third kappa shape index (κ3) is 4.29. The number of hydrogen-bond acceptors (Lipinski definition) is 6. The zero-order valence-corrected chi connectivity index (χ0v) is 20.2. The Morgan fingerprint density at radius 2 is 1.72 bits per heavy atom. The predicted octanol–water partition coefficient (Wildman–Crippen LogP) is 4.86. The number of imidazole rings is 1. The number of aromatic nitrogens is 2. The summed E-state index contributed by atoms with van der Waals surface area (Å²) < 4.78 is 46.0. The molecule has 2 atom stereocenters. The van der Waals surface area contributed by atoms with Crippen LogP contribution in [-0.2, 0) is 36.1 Å². The van der Waals surface area contributed by atoms with E-state index in [1.807, 2.05) is 77.5 Å². The molecule has 1 aromatic heterocycles. The van der Waals surface area contributed by atoms with Gasteiger partial charge in [0.1, 0.15) is 6.10 Å². The van der Waals surface area contributed by atoms with Crippen LogP contribution in [0, 0.1) is 0 Å². The lowest BCUT2D eigenvalue weighted by Gasteiger charge is -2.30. The molecule has 5 aromatic rings. The van der Waals surface area contributed by atoms with Gasteiger partial charge in [-0.15, -0.1) is 0 Å². The van der Waals surface area contributed by atoms with Gasteiger partial charge >= 0.3 is 0 Å². The quantitative estimate of drug-likeness (QED) is 0.297. The lowest BCUT2D eigenvalue weighted by atomic mass is 9.97. The molecule has 0 spiro atoms. The van der Waals surface area contributed by atoms with Crippen molar-refractivity contribution in [3.63, 3.8) is 0 Å². The topological polar surface area (TPSA) is 79.7 Å². The Balaban J connectivity index is 1.26. The lowest BCUT2D eigenvalue weighted by molar-refractivity contribution is -0.188. The summed E-state index contributed by atoms with van der Waals surface area (Å²) in [5.41, 5.74) is 0.870. The summed E-state index contributed by atoms with van der Waals surface area (Å²) >= 11 is 0. The minimum absolute atomic E-state index is 0.110. The van der Waals surface area contributed by atoms with Crippen LogP contribution in [0.5, 0.6) is 0 Å². The van der Waals surface area contributed by atoms with Crippen molar-refractivity contribution in [1.82, 2.24) is 9.55 Å². The van der Waals surface area contributed by atoms with E-state index in [0.717, 1.165) is 27.1 Å². The summed E-state index contributed by atoms with van der Waals surface area (Å²) in [6, 6.07) is 26.6. The number of rotatable bonds is 7. The second kappa shape index (κ2) is 9.15. The monoisotopic (exact) mass is 500 g/mol. The summed E-state index contributed by atoms with van der Waals surface area (Å²) in [6.45, 7) is 0.381. The summed E-state index contributed by atoms with van der Waals surface area (Å²) in [5, 5.41) is 3.86. The average Bonchev–Trinajstić information content (AvgIpc) is 3.58. The van der Waals surface area contributed by atoms with Crippen molar-refractivity contribution in [2.45, 2.75) is 23.3 Å². The average molecular weight is 501 g/mol. The fourth-order valence-electron chi connectivity index (χ4n) is 4.69. The lowest BCUT2D eigenvalue weighted by Crippen LogP contribution is -2.34. The molecule has 0 amide bonds. The van der Waals surface area contributed by atoms with Crippen molar-refractivity contribution in [1.29, 1.82) is 0 Å². The molecule has 182 valence electrons. The summed E-state index contributed by atoms with van der Waals surface area (Å²) in [6.07, 6.45) is 4.66. The second-order valence-corrected chi connectivity index (χ2v) is 10.4. The van der Waals surface area contributed by atoms with Gasteiger partial charge in [-0.1, -0.05) is 72.8 Å². The van der Waals surface area contributed by atoms with Crippen LogP contribution in [0.4, 0.5) is 0 Å². The maximum Gasteiger partial charge on any atom is 0.297 e. The predicted molar refractivity (Wildman–Crippen MR) is 136 cm³/mol. The highest BCUT2D eigenvalue weighted by Crippen LogP contribution is 2.40. The molecule has 36 heavy (non-hydrogen) atoms. The Bertz CT molecular complexity index is 1630. The molecule has 4 aromatic carbocycles. The summed E-state index contributed by atoms with van der Waals surface area (Å²) in [4.78, 5) is 4.25. The second-order valence-electron chi connectivity index (χ2n) is 8.81. The standard InChI is InChI=1S/C28H24N2O5S/c31-36(32,25-13-12-21-6-1-2-8-23(21)16-25)34-18-24-17-33-28(35-24,19-30-15-14-29-20-30)27-11-5-9-22-7-3-4-10-26(22)27/h1-16,20,24H,17-19H2. The van der Waals surface area contributed by atoms with Gasteiger partial charge in [-0.05, 0) is 33.7 Å². The molecule has 6 rings (SSSR count). The minimum Gasteiger partial charge on any atom is -0.342 e. The molecule has 1 aliphatic rings. The molecule has 0 bridgehead atoms. The molecule has 0 N–H and O–H groups in total. The number of ether oxygens (including phenoxy) is 2. The Hall–Kier alpha value is -3.56. The van der Waals surface area contributed by atoms with Gasteiger partial charge in [-0.3, -0.25) is 4.18 Å². The SMILES string of the molecule is O=S(=O)(OCC1COC(Cn2ccnc2)(c2cccc3ccccc23)O1)c1ccc2ccccc2c1. The Morgan fingerprint density at radius 3 is 2.56 bits per heavy atom. The van der Waals surface area contributed by atoms with E-state index in [-0.39, 0.29) is 18.1 Å². The van der Waals surface area contributed by atoms with Crippen molar-refractivity contribution in [2.24, 2.45) is 0 Å². The Labute approximate surface area is 209 Å². The molecule has 1 fully saturated rings. The zero-order chi connectivity index (χ0) is 24.6. The van der Waals surface area contributed by atoms with Crippen LogP contribution in [0.15, 0.2) is 109 Å². The third-order valence-electron chi connectivity index (χ3n) is 6.43. The highest BCUT2D eigenvalue weighted by atomic mass is 32.2. The van der Waals surface area contributed by atoms with Gasteiger partial charge in [0.05, 0.1) is 31.0 Å². The summed E-state index contributed by atoms with van der Waals surface area (Å²) in [5.74, 6) is -1.12. The minimum atomic E-state index is -3.98. The molecule has 1 aliphatic heterocycles. The third-order valence-corrected chi connectivity index (χ3v) is 7.71. The van der Waals surface area contributed by atoms with E-state index < -0.39 is 22.0 Å². The van der Waals surface area contributed by atoms with Crippen molar-refractivity contribution >= 4 is 31.7 Å². The number of hydrogen-bond donors (Lipinski definition) is 0. The van der Waals surface area contributed by atoms with Crippen LogP contribution in [-0.4, -0.2) is 37.3 Å². The molecule has 0 aliphatic carbocycles. The number of fused-ring (bicyclic) bond motifs is 2. The first kappa shape index (κ1) is 22.9. The van der Waals surface area contributed by atoms with E-state index in [0.29, 0.717) is 6.54 Å². The van der Waals surface area contributed by atoms with Gasteiger partial charge in [0.15, 0.2) is 0 Å². The molecule has 2 heterocycles. The van der Waals surface area contributed by atoms with E-state index in [4.69, 9.17) is 13.7 Å². The van der Waals surface area contributed by atoms with Crippen molar-refractivity contribution in [3.05, 3.63) is 109 Å². The molecule has 1 saturated heterocycles. The Kier molecular flexibility index (Phi) is 5.81. The maximum absolute atomic E-state index is 13.0. The first-order valence-corrected chi connectivity index (χ1v) is 13.1. The number of benzene rings is 4. The molecular weight excluding hydrogens is 476 g/mol. The van der Waals surface area contributed by atoms with Crippen molar-refractivity contribution in [2.75, 3.05) is 13.2 Å². The van der Waals surface area contributed by atoms with Gasteiger partial charge in [0.25, 0.3) is 10.1 Å². The van der Waals surface area contributed by atoms with Crippen LogP contribution in [0.3, 0.4) is 0 Å². The number of nitrogens with zero attached hydrogens (tertiary/aromatic N) is 2. The zero-order valence-electron chi connectivity index (χ0n) is 19.4. The highest BCUT2D eigenvalue weighted by molar-refractivity contribution is 7.86. The molecular formula is C28H24N2O5S. The van der Waals surface area contributed by atoms with Crippen LogP contribution in [0.25, 0.3) is 21.5 Å². The molecule has 0 saturated carbocycles. The smallest absolute Gasteiger partial charge is 0.297 e. The first-order chi connectivity index (χ1) is 17.5. The van der Waals surface area contributed by atoms with Gasteiger partial charge in [0.2, 0.25) is 5.79 Å². The molecule has 8 heteroatoms. The van der Waals surface area contributed by atoms with Gasteiger partial charge < -0.3 is 14.0 Å². The van der Waals surface area contributed by atoms with Gasteiger partial charge in [0, 0.05) is 18.0 Å². The van der Waals surface area contributed by atoms with E-state index in [1.165, 1.54) is 0 Å².